The number of phenols is 1. The summed E-state index contributed by atoms with van der Waals surface area (Å²) >= 11 is 0. The second-order valence-electron chi connectivity index (χ2n) is 18.1. The van der Waals surface area contributed by atoms with Crippen molar-refractivity contribution >= 4 is 11.0 Å². The van der Waals surface area contributed by atoms with Gasteiger partial charge in [0.1, 0.15) is 11.6 Å². The summed E-state index contributed by atoms with van der Waals surface area (Å²) in [6.07, 6.45) is -0.565. The largest absolute Gasteiger partial charge is 0.507 e. The number of pyridine rings is 1. The molecule has 2 heterocycles. The van der Waals surface area contributed by atoms with Crippen LogP contribution in [0.5, 0.6) is 5.75 Å². The Morgan fingerprint density at radius 2 is 1.28 bits per heavy atom. The number of hydrogen-bond donors (Lipinski definition) is 1. The summed E-state index contributed by atoms with van der Waals surface area (Å²) in [7, 11) is 0. The molecular weight excluding hydrogens is 914 g/mol. The van der Waals surface area contributed by atoms with Crippen molar-refractivity contribution in [3.63, 3.8) is 0 Å². The van der Waals surface area contributed by atoms with Gasteiger partial charge in [-0.1, -0.05) is 158 Å². The minimum atomic E-state index is -2.60. The molecule has 0 atom stereocenters. The summed E-state index contributed by atoms with van der Waals surface area (Å²) < 4.78 is 97.8. The second-order valence-corrected chi connectivity index (χ2v) is 18.1. The van der Waals surface area contributed by atoms with Crippen LogP contribution in [0.25, 0.3) is 72.7 Å². The average Bonchev–Trinajstić information content (AvgIpc) is 3.68. The minimum absolute atomic E-state index is 0. The molecule has 0 aliphatic carbocycles. The summed E-state index contributed by atoms with van der Waals surface area (Å²) in [5.41, 5.74) is 5.97. The number of imidazole rings is 1. The van der Waals surface area contributed by atoms with E-state index in [1.54, 1.807) is 47.0 Å². The molecule has 0 saturated carbocycles. The quantitative estimate of drug-likeness (QED) is 0.169. The third-order valence-corrected chi connectivity index (χ3v) is 10.7. The molecule has 0 spiro atoms. The molecule has 5 heteroatoms. The topological polar surface area (TPSA) is 50.9 Å². The van der Waals surface area contributed by atoms with E-state index < -0.39 is 60.7 Å². The average molecular weight is 979 g/mol. The number of fused-ring (bicyclic) bond motifs is 1. The molecule has 0 unspecified atom stereocenters. The molecule has 0 aliphatic rings. The van der Waals surface area contributed by atoms with Gasteiger partial charge in [-0.3, -0.25) is 9.55 Å². The van der Waals surface area contributed by atoms with Crippen LogP contribution in [0.4, 0.5) is 0 Å². The van der Waals surface area contributed by atoms with Crippen molar-refractivity contribution in [3.8, 4) is 67.5 Å². The number of para-hydroxylation sites is 2. The number of aromatic hydroxyl groups is 1. The molecule has 0 fully saturated rings. The molecule has 60 heavy (non-hydrogen) atoms. The summed E-state index contributed by atoms with van der Waals surface area (Å²) in [5.74, 6) is 0.206. The predicted molar refractivity (Wildman–Crippen MR) is 247 cm³/mol. The number of rotatable bonds is 6. The van der Waals surface area contributed by atoms with Crippen LogP contribution in [-0.2, 0) is 37.3 Å². The molecule has 6 aromatic carbocycles. The Bertz CT molecular complexity index is 3370. The van der Waals surface area contributed by atoms with E-state index in [4.69, 9.17) is 18.7 Å². The van der Waals surface area contributed by atoms with Gasteiger partial charge in [0.15, 0.2) is 0 Å². The van der Waals surface area contributed by atoms with E-state index in [9.17, 15) is 6.48 Å². The van der Waals surface area contributed by atoms with Crippen molar-refractivity contribution in [1.82, 2.24) is 14.5 Å². The Morgan fingerprint density at radius 1 is 0.633 bits per heavy atom. The van der Waals surface area contributed by atoms with Gasteiger partial charge in [-0.05, 0) is 98.4 Å². The molecule has 2 aromatic heterocycles. The zero-order valence-electron chi connectivity index (χ0n) is 46.3. The van der Waals surface area contributed by atoms with Gasteiger partial charge in [-0.25, -0.2) is 4.98 Å². The third kappa shape index (κ3) is 8.41. The van der Waals surface area contributed by atoms with Crippen molar-refractivity contribution in [2.45, 2.75) is 85.4 Å². The van der Waals surface area contributed by atoms with Crippen LogP contribution in [0.1, 0.15) is 99.6 Å². The molecule has 0 amide bonds. The van der Waals surface area contributed by atoms with E-state index in [1.807, 2.05) is 51.1 Å². The summed E-state index contributed by atoms with van der Waals surface area (Å²) in [4.78, 5) is 9.59. The van der Waals surface area contributed by atoms with Crippen molar-refractivity contribution < 1.29 is 41.3 Å². The number of phenolic OH excluding ortho intramolecular Hbond substituents is 1. The van der Waals surface area contributed by atoms with E-state index in [-0.39, 0.29) is 71.4 Å². The van der Waals surface area contributed by atoms with Crippen molar-refractivity contribution in [2.75, 3.05) is 0 Å². The Labute approximate surface area is 386 Å². The molecule has 0 aliphatic heterocycles. The van der Waals surface area contributed by atoms with Crippen LogP contribution in [-0.4, -0.2) is 19.6 Å². The number of hydrogen-bond acceptors (Lipinski definition) is 3. The van der Waals surface area contributed by atoms with E-state index in [1.165, 1.54) is 0 Å². The third-order valence-electron chi connectivity index (χ3n) is 10.7. The molecule has 0 radical (unpaired) electrons. The fraction of sp³-hybridized carbons (Fsp3) is 0.236. The second kappa shape index (κ2) is 16.1. The first-order chi connectivity index (χ1) is 32.5. The van der Waals surface area contributed by atoms with E-state index in [0.29, 0.717) is 33.4 Å². The Kier molecular flexibility index (Phi) is 8.19. The summed E-state index contributed by atoms with van der Waals surface area (Å²) in [6, 6.07) is 27.1. The Hall–Kier alpha value is -5.57. The van der Waals surface area contributed by atoms with E-state index in [2.05, 4.69) is 70.8 Å². The number of benzene rings is 6. The fourth-order valence-corrected chi connectivity index (χ4v) is 7.20. The van der Waals surface area contributed by atoms with Gasteiger partial charge in [0.2, 0.25) is 0 Å². The maximum absolute atomic E-state index is 11.4. The smallest absolute Gasteiger partial charge is 0.148 e. The zero-order chi connectivity index (χ0) is 51.3. The van der Waals surface area contributed by atoms with E-state index in [0.717, 1.165) is 27.8 Å². The maximum Gasteiger partial charge on any atom is 0.148 e. The fourth-order valence-electron chi connectivity index (χ4n) is 7.20. The van der Waals surface area contributed by atoms with Gasteiger partial charge in [-0.15, -0.1) is 29.3 Å². The first-order valence-electron chi connectivity index (χ1n) is 25.2. The van der Waals surface area contributed by atoms with Gasteiger partial charge in [0.05, 0.1) is 33.3 Å². The maximum atomic E-state index is 11.4. The molecule has 1 N–H and O–H groups in total. The van der Waals surface area contributed by atoms with Gasteiger partial charge in [-0.2, -0.15) is 0 Å². The monoisotopic (exact) mass is 978 g/mol. The first-order valence-corrected chi connectivity index (χ1v) is 19.7. The van der Waals surface area contributed by atoms with Crippen LogP contribution in [0.15, 0.2) is 139 Å². The van der Waals surface area contributed by atoms with Crippen molar-refractivity contribution in [1.29, 1.82) is 0 Å². The number of aromatic nitrogens is 3. The first kappa shape index (κ1) is 30.5. The SMILES string of the molecule is [2H]c1nc(-c2[c-]c(-c3cccc4c3nc(-c3ccccc3O)n4-c3ccc(-c4cc(C(C)(C)C)cc(C(C)(C)C)c4)cc3C([2H])([2H])[2H])cc(C(C)(C)C)c2)c([2H])c(-c2c([2H])c([2H])c([2H])c([2H])c2[2H])c1[2H].[Pt]. The molecule has 8 rings (SSSR count). The van der Waals surface area contributed by atoms with E-state index >= 15 is 0 Å². The van der Waals surface area contributed by atoms with Crippen LogP contribution in [0, 0.1) is 12.9 Å². The molecule has 8 aromatic rings. The van der Waals surface area contributed by atoms with Crippen molar-refractivity contribution in [3.05, 3.63) is 168 Å². The molecule has 0 bridgehead atoms. The van der Waals surface area contributed by atoms with Gasteiger partial charge < -0.3 is 5.11 Å². The molecule has 306 valence electrons. The van der Waals surface area contributed by atoms with Gasteiger partial charge >= 0.3 is 0 Å². The van der Waals surface area contributed by atoms with Crippen LogP contribution >= 0.6 is 0 Å². The predicted octanol–water partition coefficient (Wildman–Crippen LogP) is 14.5. The minimum Gasteiger partial charge on any atom is -0.507 e. The molecular formula is C55H54N3OPt-. The Morgan fingerprint density at radius 3 is 1.95 bits per heavy atom. The van der Waals surface area contributed by atoms with Gasteiger partial charge in [0, 0.05) is 37.0 Å². The number of nitrogens with zero attached hydrogens (tertiary/aromatic N) is 3. The van der Waals surface area contributed by atoms with Crippen LogP contribution < -0.4 is 0 Å². The van der Waals surface area contributed by atoms with Crippen LogP contribution in [0.2, 0.25) is 0 Å². The molecule has 0 saturated heterocycles. The number of aryl methyl sites for hydroxylation is 1. The molecule has 4 nitrogen and oxygen atoms in total. The van der Waals surface area contributed by atoms with Gasteiger partial charge in [0.25, 0.3) is 0 Å². The summed E-state index contributed by atoms with van der Waals surface area (Å²) in [5, 5.41) is 11.4. The standard InChI is InChI=1S/C55H54N3O.Pt/c1-35-27-37(39-29-43(54(5,6)7)34-44(30-39)55(8,9)10)23-24-48(35)58-49-21-16-20-45(51(49)57-52(58)46-19-14-15-22-50(46)59)40-28-41(32-42(31-40)53(2,3)4)47-33-38(25-26-56-47)36-17-12-11-13-18-36;/h11-27,29-34,59H,1-10H3;/q-1;/i1D3,11D,12D,13D,17D,18D,25D,26D,33D;. The normalized spacial score (nSPS) is 14.9. The van der Waals surface area contributed by atoms with Crippen molar-refractivity contribution in [2.24, 2.45) is 0 Å². The Balaban J connectivity index is 0.00000741. The summed E-state index contributed by atoms with van der Waals surface area (Å²) in [6.45, 7) is 16.3. The van der Waals surface area contributed by atoms with Crippen LogP contribution in [0.3, 0.4) is 0 Å². The zero-order valence-corrected chi connectivity index (χ0v) is 37.5.